The molecule has 0 atom stereocenters. The molecule has 3 N–H and O–H groups in total. The number of rotatable bonds is 3. The first-order valence-electron chi connectivity index (χ1n) is 6.59. The zero-order valence-corrected chi connectivity index (χ0v) is 12.0. The van der Waals surface area contributed by atoms with Crippen molar-refractivity contribution in [2.24, 2.45) is 5.73 Å². The van der Waals surface area contributed by atoms with Gasteiger partial charge in [-0.15, -0.1) is 0 Å². The Morgan fingerprint density at radius 3 is 2.80 bits per heavy atom. The van der Waals surface area contributed by atoms with Crippen LogP contribution in [0.2, 0.25) is 0 Å². The molecular weight excluding hydrogens is 274 g/mol. The summed E-state index contributed by atoms with van der Waals surface area (Å²) in [6.07, 6.45) is 3.06. The van der Waals surface area contributed by atoms with Gasteiger partial charge in [0.15, 0.2) is 0 Å². The van der Waals surface area contributed by atoms with E-state index in [1.54, 1.807) is 18.3 Å². The molecule has 1 aliphatic rings. The fraction of sp³-hybridized carbons (Fsp3) is 0.357. The fourth-order valence-corrected chi connectivity index (χ4v) is 3.94. The smallest absolute Gasteiger partial charge is 0.242 e. The van der Waals surface area contributed by atoms with Gasteiger partial charge in [0.25, 0.3) is 0 Å². The number of nitrogens with zero attached hydrogens (tertiary/aromatic N) is 1. The highest BCUT2D eigenvalue weighted by atomic mass is 32.2. The van der Waals surface area contributed by atoms with E-state index in [1.807, 2.05) is 19.1 Å². The summed E-state index contributed by atoms with van der Waals surface area (Å²) >= 11 is 0. The standard InChI is InChI=1S/C14H17N3O2S/c1-9-5-10-3-2-4-13(14(10)16-8-9)20(18,19)17-12-6-11(15)7-12/h2-5,8,11-12,17H,6-7,15H2,1H3. The van der Waals surface area contributed by atoms with E-state index in [0.29, 0.717) is 18.4 Å². The van der Waals surface area contributed by atoms with Gasteiger partial charge in [0.1, 0.15) is 4.90 Å². The minimum atomic E-state index is -3.55. The average molecular weight is 291 g/mol. The van der Waals surface area contributed by atoms with Crippen molar-refractivity contribution in [3.63, 3.8) is 0 Å². The predicted molar refractivity (Wildman–Crippen MR) is 77.8 cm³/mol. The molecule has 1 aromatic heterocycles. The lowest BCUT2D eigenvalue weighted by Crippen LogP contribution is -2.50. The second-order valence-corrected chi connectivity index (χ2v) is 7.07. The molecule has 2 aromatic rings. The fourth-order valence-electron chi connectivity index (χ4n) is 2.50. The third-order valence-electron chi connectivity index (χ3n) is 3.60. The zero-order valence-electron chi connectivity index (χ0n) is 11.2. The molecule has 1 aromatic carbocycles. The van der Waals surface area contributed by atoms with Gasteiger partial charge >= 0.3 is 0 Å². The van der Waals surface area contributed by atoms with Gasteiger partial charge in [-0.25, -0.2) is 13.1 Å². The summed E-state index contributed by atoms with van der Waals surface area (Å²) < 4.78 is 27.6. The molecule has 5 nitrogen and oxygen atoms in total. The second-order valence-electron chi connectivity index (χ2n) is 5.39. The van der Waals surface area contributed by atoms with E-state index in [4.69, 9.17) is 5.73 Å². The van der Waals surface area contributed by atoms with Crippen LogP contribution < -0.4 is 10.5 Å². The molecule has 6 heteroatoms. The van der Waals surface area contributed by atoms with Crippen molar-refractivity contribution >= 4 is 20.9 Å². The number of nitrogens with one attached hydrogen (secondary N) is 1. The first-order valence-corrected chi connectivity index (χ1v) is 8.07. The minimum Gasteiger partial charge on any atom is -0.328 e. The summed E-state index contributed by atoms with van der Waals surface area (Å²) in [6.45, 7) is 1.93. The Hall–Kier alpha value is -1.50. The monoisotopic (exact) mass is 291 g/mol. The van der Waals surface area contributed by atoms with Gasteiger partial charge in [-0.3, -0.25) is 4.98 Å². The summed E-state index contributed by atoms with van der Waals surface area (Å²) in [6, 6.07) is 7.18. The van der Waals surface area contributed by atoms with Gasteiger partial charge in [0.2, 0.25) is 10.0 Å². The van der Waals surface area contributed by atoms with E-state index in [2.05, 4.69) is 9.71 Å². The Morgan fingerprint density at radius 2 is 2.10 bits per heavy atom. The van der Waals surface area contributed by atoms with E-state index in [1.165, 1.54) is 0 Å². The Kier molecular flexibility index (Phi) is 3.24. The molecule has 0 radical (unpaired) electrons. The molecule has 1 fully saturated rings. The topological polar surface area (TPSA) is 85.1 Å². The molecule has 1 heterocycles. The largest absolute Gasteiger partial charge is 0.328 e. The predicted octanol–water partition coefficient (Wildman–Crippen LogP) is 1.31. The van der Waals surface area contributed by atoms with Crippen molar-refractivity contribution in [1.29, 1.82) is 0 Å². The van der Waals surface area contributed by atoms with Crippen molar-refractivity contribution in [2.75, 3.05) is 0 Å². The number of sulfonamides is 1. The van der Waals surface area contributed by atoms with E-state index in [9.17, 15) is 8.42 Å². The molecule has 20 heavy (non-hydrogen) atoms. The van der Waals surface area contributed by atoms with Crippen LogP contribution in [0.4, 0.5) is 0 Å². The third-order valence-corrected chi connectivity index (χ3v) is 5.15. The molecule has 1 aliphatic carbocycles. The molecule has 106 valence electrons. The molecule has 0 aliphatic heterocycles. The van der Waals surface area contributed by atoms with Crippen molar-refractivity contribution in [3.8, 4) is 0 Å². The van der Waals surface area contributed by atoms with E-state index < -0.39 is 10.0 Å². The first-order chi connectivity index (χ1) is 9.45. The maximum Gasteiger partial charge on any atom is 0.242 e. The van der Waals surface area contributed by atoms with Crippen LogP contribution in [0.3, 0.4) is 0 Å². The van der Waals surface area contributed by atoms with Crippen LogP contribution in [0.15, 0.2) is 35.4 Å². The van der Waals surface area contributed by atoms with Crippen molar-refractivity contribution in [1.82, 2.24) is 9.71 Å². The lowest BCUT2D eigenvalue weighted by atomic mass is 9.89. The van der Waals surface area contributed by atoms with Crippen LogP contribution in [0.5, 0.6) is 0 Å². The van der Waals surface area contributed by atoms with E-state index in [-0.39, 0.29) is 17.0 Å². The lowest BCUT2D eigenvalue weighted by Gasteiger charge is -2.32. The normalized spacial score (nSPS) is 22.7. The number of para-hydroxylation sites is 1. The quantitative estimate of drug-likeness (QED) is 0.893. The number of hydrogen-bond donors (Lipinski definition) is 2. The zero-order chi connectivity index (χ0) is 14.3. The highest BCUT2D eigenvalue weighted by Gasteiger charge is 2.31. The van der Waals surface area contributed by atoms with Crippen LogP contribution in [0.1, 0.15) is 18.4 Å². The van der Waals surface area contributed by atoms with Gasteiger partial charge in [0, 0.05) is 23.7 Å². The Balaban J connectivity index is 2.00. The Labute approximate surface area is 118 Å². The van der Waals surface area contributed by atoms with Crippen LogP contribution in [-0.2, 0) is 10.0 Å². The highest BCUT2D eigenvalue weighted by molar-refractivity contribution is 7.89. The Morgan fingerprint density at radius 1 is 1.35 bits per heavy atom. The van der Waals surface area contributed by atoms with Crippen LogP contribution in [0, 0.1) is 6.92 Å². The van der Waals surface area contributed by atoms with Crippen LogP contribution >= 0.6 is 0 Å². The summed E-state index contributed by atoms with van der Waals surface area (Å²) in [5, 5.41) is 0.832. The van der Waals surface area contributed by atoms with Crippen LogP contribution in [-0.4, -0.2) is 25.5 Å². The van der Waals surface area contributed by atoms with Crippen molar-refractivity contribution in [2.45, 2.75) is 36.7 Å². The van der Waals surface area contributed by atoms with Gasteiger partial charge in [0.05, 0.1) is 5.52 Å². The average Bonchev–Trinajstić information content (AvgIpc) is 2.35. The SMILES string of the molecule is Cc1cnc2c(S(=O)(=O)NC3CC(N)C3)cccc2c1. The molecule has 1 saturated carbocycles. The number of aryl methyl sites for hydroxylation is 1. The molecule has 0 unspecified atom stereocenters. The number of benzene rings is 1. The second kappa shape index (κ2) is 4.80. The first kappa shape index (κ1) is 13.5. The highest BCUT2D eigenvalue weighted by Crippen LogP contribution is 2.24. The molecule has 0 bridgehead atoms. The van der Waals surface area contributed by atoms with Crippen LogP contribution in [0.25, 0.3) is 10.9 Å². The molecule has 3 rings (SSSR count). The van der Waals surface area contributed by atoms with E-state index in [0.717, 1.165) is 10.9 Å². The number of aromatic nitrogens is 1. The number of nitrogens with two attached hydrogens (primary N) is 1. The summed E-state index contributed by atoms with van der Waals surface area (Å²) in [5.41, 5.74) is 7.20. The molecule has 0 spiro atoms. The molecule has 0 saturated heterocycles. The molecule has 0 amide bonds. The number of hydrogen-bond acceptors (Lipinski definition) is 4. The maximum absolute atomic E-state index is 12.4. The van der Waals surface area contributed by atoms with Gasteiger partial charge < -0.3 is 5.73 Å². The summed E-state index contributed by atoms with van der Waals surface area (Å²) in [4.78, 5) is 4.50. The molecular formula is C14H17N3O2S. The number of fused-ring (bicyclic) bond motifs is 1. The summed E-state index contributed by atoms with van der Waals surface area (Å²) in [5.74, 6) is 0. The van der Waals surface area contributed by atoms with E-state index >= 15 is 0 Å². The number of pyridine rings is 1. The van der Waals surface area contributed by atoms with Gasteiger partial charge in [-0.2, -0.15) is 0 Å². The van der Waals surface area contributed by atoms with Crippen molar-refractivity contribution in [3.05, 3.63) is 36.0 Å². The lowest BCUT2D eigenvalue weighted by molar-refractivity contribution is 0.327. The Bertz CT molecular complexity index is 752. The maximum atomic E-state index is 12.4. The van der Waals surface area contributed by atoms with Crippen molar-refractivity contribution < 1.29 is 8.42 Å². The van der Waals surface area contributed by atoms with Gasteiger partial charge in [-0.1, -0.05) is 12.1 Å². The minimum absolute atomic E-state index is 0.0595. The summed E-state index contributed by atoms with van der Waals surface area (Å²) in [7, 11) is -3.55. The van der Waals surface area contributed by atoms with Gasteiger partial charge in [-0.05, 0) is 37.5 Å². The third kappa shape index (κ3) is 2.42.